The quantitative estimate of drug-likeness (QED) is 0.768. The Morgan fingerprint density at radius 3 is 2.70 bits per heavy atom. The summed E-state index contributed by atoms with van der Waals surface area (Å²) in [5, 5.41) is 0. The van der Waals surface area contributed by atoms with Crippen LogP contribution in [0.5, 0.6) is 0 Å². The van der Waals surface area contributed by atoms with Crippen molar-refractivity contribution < 1.29 is 19.1 Å². The molecule has 1 aromatic rings. The molecular formula is C21H26N2O4. The molecule has 3 aliphatic rings. The average Bonchev–Trinajstić information content (AvgIpc) is 3.30. The predicted octanol–water partition coefficient (Wildman–Crippen LogP) is 2.76. The van der Waals surface area contributed by atoms with E-state index in [4.69, 9.17) is 4.74 Å². The van der Waals surface area contributed by atoms with Crippen LogP contribution < -0.4 is 4.90 Å². The number of methoxy groups -OCH3 is 1. The van der Waals surface area contributed by atoms with Gasteiger partial charge in [-0.05, 0) is 49.8 Å². The minimum absolute atomic E-state index is 0.0977. The van der Waals surface area contributed by atoms with Gasteiger partial charge in [0.2, 0.25) is 5.91 Å². The van der Waals surface area contributed by atoms with Crippen LogP contribution in [0.4, 0.5) is 5.69 Å². The Labute approximate surface area is 159 Å². The van der Waals surface area contributed by atoms with Gasteiger partial charge in [0.15, 0.2) is 0 Å². The number of benzene rings is 1. The number of likely N-dealkylation sites (tertiary alicyclic amines) is 1. The molecular weight excluding hydrogens is 344 g/mol. The van der Waals surface area contributed by atoms with Crippen LogP contribution in [0.3, 0.4) is 0 Å². The smallest absolute Gasteiger partial charge is 0.328 e. The molecule has 3 fully saturated rings. The predicted molar refractivity (Wildman–Crippen MR) is 100 cm³/mol. The highest BCUT2D eigenvalue weighted by Crippen LogP contribution is 2.41. The summed E-state index contributed by atoms with van der Waals surface area (Å²) in [6.07, 6.45) is 6.33. The van der Waals surface area contributed by atoms with Gasteiger partial charge in [-0.15, -0.1) is 0 Å². The molecule has 4 rings (SSSR count). The van der Waals surface area contributed by atoms with Crippen LogP contribution in [-0.2, 0) is 14.3 Å². The maximum atomic E-state index is 13.4. The fourth-order valence-electron chi connectivity index (χ4n) is 4.98. The third-order valence-electron chi connectivity index (χ3n) is 6.27. The largest absolute Gasteiger partial charge is 0.467 e. The van der Waals surface area contributed by atoms with E-state index in [0.29, 0.717) is 30.9 Å². The molecule has 0 spiro atoms. The second-order valence-corrected chi connectivity index (χ2v) is 7.80. The molecule has 0 unspecified atom stereocenters. The molecule has 0 bridgehead atoms. The topological polar surface area (TPSA) is 66.9 Å². The molecule has 1 aliphatic carbocycles. The summed E-state index contributed by atoms with van der Waals surface area (Å²) in [5.41, 5.74) is 1.30. The van der Waals surface area contributed by atoms with E-state index in [9.17, 15) is 14.4 Å². The summed E-state index contributed by atoms with van der Waals surface area (Å²) in [5.74, 6) is 0.00705. The number of carbonyl (C=O) groups is 3. The molecule has 144 valence electrons. The van der Waals surface area contributed by atoms with Gasteiger partial charge >= 0.3 is 5.97 Å². The molecule has 0 radical (unpaired) electrons. The molecule has 2 saturated heterocycles. The van der Waals surface area contributed by atoms with Gasteiger partial charge < -0.3 is 14.5 Å². The number of hydrogen-bond acceptors (Lipinski definition) is 4. The van der Waals surface area contributed by atoms with Crippen molar-refractivity contribution in [2.24, 2.45) is 5.92 Å². The highest BCUT2D eigenvalue weighted by Gasteiger charge is 2.48. The molecule has 27 heavy (non-hydrogen) atoms. The van der Waals surface area contributed by atoms with Gasteiger partial charge in [-0.3, -0.25) is 9.59 Å². The van der Waals surface area contributed by atoms with Crippen molar-refractivity contribution in [1.82, 2.24) is 4.90 Å². The van der Waals surface area contributed by atoms with Crippen molar-refractivity contribution in [2.75, 3.05) is 18.6 Å². The van der Waals surface area contributed by atoms with Gasteiger partial charge in [0, 0.05) is 30.3 Å². The number of esters is 1. The summed E-state index contributed by atoms with van der Waals surface area (Å²) in [6, 6.07) is 6.84. The van der Waals surface area contributed by atoms with E-state index in [1.54, 1.807) is 21.9 Å². The fraction of sp³-hybridized carbons (Fsp3) is 0.571. The number of amides is 2. The van der Waals surface area contributed by atoms with Crippen molar-refractivity contribution in [3.63, 3.8) is 0 Å². The van der Waals surface area contributed by atoms with Gasteiger partial charge in [-0.2, -0.15) is 0 Å². The zero-order valence-electron chi connectivity index (χ0n) is 15.7. The number of hydrogen-bond donors (Lipinski definition) is 0. The molecule has 0 N–H and O–H groups in total. The monoisotopic (exact) mass is 370 g/mol. The number of nitrogens with zero attached hydrogens (tertiary/aromatic N) is 2. The Morgan fingerprint density at radius 1 is 1.15 bits per heavy atom. The minimum atomic E-state index is -0.507. The average molecular weight is 370 g/mol. The normalized spacial score (nSPS) is 27.6. The lowest BCUT2D eigenvalue weighted by molar-refractivity contribution is -0.145. The van der Waals surface area contributed by atoms with Crippen LogP contribution in [-0.4, -0.2) is 48.4 Å². The number of anilines is 1. The zero-order chi connectivity index (χ0) is 19.0. The molecule has 0 aromatic heterocycles. The van der Waals surface area contributed by atoms with Gasteiger partial charge in [0.05, 0.1) is 7.11 Å². The van der Waals surface area contributed by atoms with Crippen LogP contribution in [0.2, 0.25) is 0 Å². The third kappa shape index (κ3) is 3.22. The fourth-order valence-corrected chi connectivity index (χ4v) is 4.98. The van der Waals surface area contributed by atoms with Crippen molar-refractivity contribution >= 4 is 23.5 Å². The van der Waals surface area contributed by atoms with E-state index in [2.05, 4.69) is 0 Å². The Bertz CT molecular complexity index is 762. The first-order valence-electron chi connectivity index (χ1n) is 9.91. The van der Waals surface area contributed by atoms with E-state index in [-0.39, 0.29) is 23.8 Å². The van der Waals surface area contributed by atoms with Crippen LogP contribution in [0.15, 0.2) is 24.3 Å². The van der Waals surface area contributed by atoms with Gasteiger partial charge in [0.1, 0.15) is 6.04 Å². The lowest BCUT2D eigenvalue weighted by Gasteiger charge is -2.33. The maximum absolute atomic E-state index is 13.4. The number of rotatable bonds is 3. The zero-order valence-corrected chi connectivity index (χ0v) is 15.7. The van der Waals surface area contributed by atoms with Crippen LogP contribution in [0.1, 0.15) is 55.3 Å². The van der Waals surface area contributed by atoms with Crippen LogP contribution >= 0.6 is 0 Å². The Hall–Kier alpha value is -2.37. The highest BCUT2D eigenvalue weighted by molar-refractivity contribution is 6.00. The van der Waals surface area contributed by atoms with E-state index in [1.807, 2.05) is 12.1 Å². The van der Waals surface area contributed by atoms with Gasteiger partial charge in [-0.25, -0.2) is 4.79 Å². The summed E-state index contributed by atoms with van der Waals surface area (Å²) in [4.78, 5) is 41.3. The Morgan fingerprint density at radius 2 is 1.96 bits per heavy atom. The summed E-state index contributed by atoms with van der Waals surface area (Å²) in [6.45, 7) is 0.690. The summed E-state index contributed by atoms with van der Waals surface area (Å²) >= 11 is 0. The molecule has 1 saturated carbocycles. The lowest BCUT2D eigenvalue weighted by atomic mass is 9.84. The SMILES string of the molecule is COC(=O)[C@@H]1C[C@H]2CCCC[C@@H]2N1C(=O)c1cccc(N2CCCC2=O)c1. The summed E-state index contributed by atoms with van der Waals surface area (Å²) < 4.78 is 4.99. The second kappa shape index (κ2) is 7.33. The van der Waals surface area contributed by atoms with E-state index < -0.39 is 6.04 Å². The molecule has 1 aromatic carbocycles. The standard InChI is InChI=1S/C21H26N2O4/c1-27-21(26)18-13-14-6-2-3-9-17(14)23(18)20(25)15-7-4-8-16(12-15)22-11-5-10-19(22)24/h4,7-8,12,14,17-18H,2-3,5-6,9-11,13H2,1H3/t14-,17+,18+/m1/s1. The van der Waals surface area contributed by atoms with Crippen molar-refractivity contribution in [1.29, 1.82) is 0 Å². The number of carbonyl (C=O) groups excluding carboxylic acids is 3. The Balaban J connectivity index is 1.63. The van der Waals surface area contributed by atoms with E-state index in [1.165, 1.54) is 7.11 Å². The first-order valence-corrected chi connectivity index (χ1v) is 9.91. The van der Waals surface area contributed by atoms with Crippen LogP contribution in [0.25, 0.3) is 0 Å². The molecule has 2 amide bonds. The van der Waals surface area contributed by atoms with E-state index in [0.717, 1.165) is 37.8 Å². The van der Waals surface area contributed by atoms with Crippen molar-refractivity contribution in [3.8, 4) is 0 Å². The van der Waals surface area contributed by atoms with Crippen molar-refractivity contribution in [3.05, 3.63) is 29.8 Å². The van der Waals surface area contributed by atoms with Crippen molar-refractivity contribution in [2.45, 2.75) is 57.0 Å². The first kappa shape index (κ1) is 18.0. The molecule has 6 heteroatoms. The first-order chi connectivity index (χ1) is 13.1. The van der Waals surface area contributed by atoms with Gasteiger partial charge in [0.25, 0.3) is 5.91 Å². The number of ether oxygens (including phenoxy) is 1. The molecule has 2 aliphatic heterocycles. The third-order valence-corrected chi connectivity index (χ3v) is 6.27. The minimum Gasteiger partial charge on any atom is -0.467 e. The lowest BCUT2D eigenvalue weighted by Crippen LogP contribution is -2.46. The number of fused-ring (bicyclic) bond motifs is 1. The Kier molecular flexibility index (Phi) is 4.89. The van der Waals surface area contributed by atoms with E-state index >= 15 is 0 Å². The highest BCUT2D eigenvalue weighted by atomic mass is 16.5. The maximum Gasteiger partial charge on any atom is 0.328 e. The summed E-state index contributed by atoms with van der Waals surface area (Å²) in [7, 11) is 1.38. The van der Waals surface area contributed by atoms with Gasteiger partial charge in [-0.1, -0.05) is 18.9 Å². The van der Waals surface area contributed by atoms with Crippen LogP contribution in [0, 0.1) is 5.92 Å². The molecule has 6 nitrogen and oxygen atoms in total. The molecule has 2 heterocycles. The second-order valence-electron chi connectivity index (χ2n) is 7.80. The molecule has 3 atom stereocenters.